The number of carbonyl (C=O) groups is 1. The molecule has 0 bridgehead atoms. The van der Waals surface area contributed by atoms with Crippen LogP contribution in [0.4, 0.5) is 0 Å². The van der Waals surface area contributed by atoms with Crippen LogP contribution in [0.2, 0.25) is 0 Å². The van der Waals surface area contributed by atoms with E-state index in [1.54, 1.807) is 0 Å². The third-order valence-corrected chi connectivity index (χ3v) is 2.94. The molecule has 3 heteroatoms. The maximum Gasteiger partial charge on any atom is 0.173 e. The predicted octanol–water partition coefficient (Wildman–Crippen LogP) is 2.91. The van der Waals surface area contributed by atoms with Gasteiger partial charge in [0.2, 0.25) is 0 Å². The monoisotopic (exact) mass is 238 g/mol. The van der Waals surface area contributed by atoms with Crippen molar-refractivity contribution in [1.82, 2.24) is 0 Å². The van der Waals surface area contributed by atoms with Crippen LogP contribution >= 0.6 is 11.8 Å². The fourth-order valence-electron chi connectivity index (χ4n) is 1.22. The number of carbonyl (C=O) groups excluding carboxylic acids is 1. The van der Waals surface area contributed by atoms with Crippen molar-refractivity contribution in [2.75, 3.05) is 12.0 Å². The molecule has 0 saturated carbocycles. The van der Waals surface area contributed by atoms with Gasteiger partial charge in [0, 0.05) is 0 Å². The molecule has 0 saturated heterocycles. The number of benzene rings is 1. The molecule has 1 rings (SSSR count). The number of ether oxygens (including phenoxy) is 1. The highest BCUT2D eigenvalue weighted by atomic mass is 32.2. The number of ketones is 1. The summed E-state index contributed by atoms with van der Waals surface area (Å²) in [5, 5.41) is 0. The van der Waals surface area contributed by atoms with Crippen molar-refractivity contribution < 1.29 is 9.53 Å². The van der Waals surface area contributed by atoms with Gasteiger partial charge in [-0.15, -0.1) is 0 Å². The SMILES string of the molecule is CSCC(=O)C(C)(C)OCc1ccccc1. The smallest absolute Gasteiger partial charge is 0.173 e. The zero-order valence-electron chi connectivity index (χ0n) is 10.0. The number of thioether (sulfide) groups is 1. The van der Waals surface area contributed by atoms with E-state index in [1.807, 2.05) is 50.4 Å². The molecule has 0 heterocycles. The van der Waals surface area contributed by atoms with E-state index < -0.39 is 5.60 Å². The van der Waals surface area contributed by atoms with E-state index in [-0.39, 0.29) is 5.78 Å². The van der Waals surface area contributed by atoms with E-state index in [9.17, 15) is 4.79 Å². The largest absolute Gasteiger partial charge is 0.363 e. The predicted molar refractivity (Wildman–Crippen MR) is 68.7 cm³/mol. The van der Waals surface area contributed by atoms with Gasteiger partial charge in [0.25, 0.3) is 0 Å². The molecule has 0 unspecified atom stereocenters. The molecule has 0 N–H and O–H groups in total. The zero-order valence-corrected chi connectivity index (χ0v) is 10.8. The second-order valence-electron chi connectivity index (χ2n) is 4.14. The normalized spacial score (nSPS) is 11.4. The van der Waals surface area contributed by atoms with E-state index in [0.717, 1.165) is 5.56 Å². The Morgan fingerprint density at radius 3 is 2.50 bits per heavy atom. The van der Waals surface area contributed by atoms with Gasteiger partial charge in [0.1, 0.15) is 5.60 Å². The van der Waals surface area contributed by atoms with Gasteiger partial charge in [-0.05, 0) is 25.7 Å². The summed E-state index contributed by atoms with van der Waals surface area (Å²) in [6.07, 6.45) is 1.92. The Morgan fingerprint density at radius 1 is 1.31 bits per heavy atom. The fraction of sp³-hybridized carbons (Fsp3) is 0.462. The van der Waals surface area contributed by atoms with Crippen molar-refractivity contribution in [3.05, 3.63) is 35.9 Å². The highest BCUT2D eigenvalue weighted by Crippen LogP contribution is 2.16. The Bertz CT molecular complexity index is 333. The fourth-order valence-corrected chi connectivity index (χ4v) is 1.83. The van der Waals surface area contributed by atoms with Crippen LogP contribution in [0, 0.1) is 0 Å². The van der Waals surface area contributed by atoms with Crippen molar-refractivity contribution in [3.63, 3.8) is 0 Å². The average molecular weight is 238 g/mol. The number of Topliss-reactive ketones (excluding diaryl/α,β-unsaturated/α-hetero) is 1. The van der Waals surface area contributed by atoms with Crippen LogP contribution in [-0.4, -0.2) is 23.4 Å². The van der Waals surface area contributed by atoms with Crippen molar-refractivity contribution in [2.45, 2.75) is 26.1 Å². The standard InChI is InChI=1S/C13H18O2S/c1-13(2,12(14)10-16-3)15-9-11-7-5-4-6-8-11/h4-8H,9-10H2,1-3H3. The van der Waals surface area contributed by atoms with Crippen molar-refractivity contribution in [2.24, 2.45) is 0 Å². The van der Waals surface area contributed by atoms with Gasteiger partial charge in [-0.3, -0.25) is 4.79 Å². The Hall–Kier alpha value is -0.800. The van der Waals surface area contributed by atoms with Crippen LogP contribution in [0.3, 0.4) is 0 Å². The maximum absolute atomic E-state index is 11.7. The molecule has 1 aromatic rings. The van der Waals surface area contributed by atoms with Crippen molar-refractivity contribution in [3.8, 4) is 0 Å². The van der Waals surface area contributed by atoms with E-state index >= 15 is 0 Å². The summed E-state index contributed by atoms with van der Waals surface area (Å²) < 4.78 is 5.67. The third-order valence-electron chi connectivity index (χ3n) is 2.39. The minimum atomic E-state index is -0.696. The summed E-state index contributed by atoms with van der Waals surface area (Å²) in [6, 6.07) is 9.89. The minimum Gasteiger partial charge on any atom is -0.363 e. The molecular weight excluding hydrogens is 220 g/mol. The van der Waals surface area contributed by atoms with Gasteiger partial charge in [0.05, 0.1) is 12.4 Å². The average Bonchev–Trinajstić information content (AvgIpc) is 2.28. The number of hydrogen-bond donors (Lipinski definition) is 0. The second kappa shape index (κ2) is 6.06. The first-order valence-corrected chi connectivity index (χ1v) is 6.66. The van der Waals surface area contributed by atoms with Gasteiger partial charge >= 0.3 is 0 Å². The summed E-state index contributed by atoms with van der Waals surface area (Å²) >= 11 is 1.53. The first kappa shape index (κ1) is 13.3. The molecule has 0 spiro atoms. The second-order valence-corrected chi connectivity index (χ2v) is 5.01. The van der Waals surface area contributed by atoms with Crippen molar-refractivity contribution in [1.29, 1.82) is 0 Å². The first-order chi connectivity index (χ1) is 7.56. The molecule has 0 aliphatic heterocycles. The molecule has 16 heavy (non-hydrogen) atoms. The van der Waals surface area contributed by atoms with Gasteiger partial charge in [-0.25, -0.2) is 0 Å². The van der Waals surface area contributed by atoms with Crippen LogP contribution in [0.1, 0.15) is 19.4 Å². The highest BCUT2D eigenvalue weighted by Gasteiger charge is 2.27. The number of rotatable bonds is 6. The van der Waals surface area contributed by atoms with E-state index in [0.29, 0.717) is 12.4 Å². The van der Waals surface area contributed by atoms with Crippen LogP contribution in [-0.2, 0) is 16.1 Å². The topological polar surface area (TPSA) is 26.3 Å². The number of hydrogen-bond acceptors (Lipinski definition) is 3. The van der Waals surface area contributed by atoms with Gasteiger partial charge in [0.15, 0.2) is 5.78 Å². The van der Waals surface area contributed by atoms with Crippen LogP contribution in [0.15, 0.2) is 30.3 Å². The molecule has 0 aliphatic rings. The summed E-state index contributed by atoms with van der Waals surface area (Å²) in [6.45, 7) is 4.14. The quantitative estimate of drug-likeness (QED) is 0.762. The Labute approximate surface area is 101 Å². The first-order valence-electron chi connectivity index (χ1n) is 5.26. The van der Waals surface area contributed by atoms with E-state index in [1.165, 1.54) is 11.8 Å². The summed E-state index contributed by atoms with van der Waals surface area (Å²) in [5.41, 5.74) is 0.395. The molecule has 0 aromatic heterocycles. The van der Waals surface area contributed by atoms with Gasteiger partial charge in [-0.2, -0.15) is 11.8 Å². The van der Waals surface area contributed by atoms with Crippen LogP contribution in [0.5, 0.6) is 0 Å². The molecule has 0 atom stereocenters. The minimum absolute atomic E-state index is 0.135. The Kier molecular flexibility index (Phi) is 5.03. The third kappa shape index (κ3) is 3.99. The van der Waals surface area contributed by atoms with E-state index in [2.05, 4.69) is 0 Å². The lowest BCUT2D eigenvalue weighted by atomic mass is 10.1. The molecule has 0 amide bonds. The zero-order chi connectivity index (χ0) is 12.0. The van der Waals surface area contributed by atoms with Crippen LogP contribution < -0.4 is 0 Å². The molecule has 0 radical (unpaired) electrons. The summed E-state index contributed by atoms with van der Waals surface area (Å²) in [7, 11) is 0. The highest BCUT2D eigenvalue weighted by molar-refractivity contribution is 7.99. The molecule has 2 nitrogen and oxygen atoms in total. The van der Waals surface area contributed by atoms with Crippen LogP contribution in [0.25, 0.3) is 0 Å². The lowest BCUT2D eigenvalue weighted by Gasteiger charge is -2.23. The molecular formula is C13H18O2S. The van der Waals surface area contributed by atoms with Crippen molar-refractivity contribution >= 4 is 17.5 Å². The lowest BCUT2D eigenvalue weighted by Crippen LogP contribution is -2.36. The molecule has 88 valence electrons. The maximum atomic E-state index is 11.7. The van der Waals surface area contributed by atoms with Gasteiger partial charge < -0.3 is 4.74 Å². The summed E-state index contributed by atoms with van der Waals surface area (Å²) in [4.78, 5) is 11.7. The molecule has 1 aromatic carbocycles. The lowest BCUT2D eigenvalue weighted by molar-refractivity contribution is -0.139. The van der Waals surface area contributed by atoms with E-state index in [4.69, 9.17) is 4.74 Å². The molecule has 0 aliphatic carbocycles. The Balaban J connectivity index is 2.51. The Morgan fingerprint density at radius 2 is 1.94 bits per heavy atom. The summed E-state index contributed by atoms with van der Waals surface area (Å²) in [5.74, 6) is 0.637. The molecule has 0 fully saturated rings. The van der Waals surface area contributed by atoms with Gasteiger partial charge in [-0.1, -0.05) is 30.3 Å².